The Hall–Kier alpha value is -8.29. The Morgan fingerprint density at radius 2 is 1.01 bits per heavy atom. The molecule has 13 rings (SSSR count). The maximum atomic E-state index is 6.38. The third kappa shape index (κ3) is 6.37. The molecule has 1 atom stereocenters. The molecule has 2 aromatic heterocycles. The van der Waals surface area contributed by atoms with E-state index in [-0.39, 0.29) is 5.92 Å². The van der Waals surface area contributed by atoms with Crippen LogP contribution in [0.2, 0.25) is 0 Å². The van der Waals surface area contributed by atoms with Crippen LogP contribution in [0.3, 0.4) is 0 Å². The Balaban J connectivity index is 1.08. The molecule has 12 aromatic rings. The largest absolute Gasteiger partial charge is 0.456 e. The van der Waals surface area contributed by atoms with Gasteiger partial charge in [0.15, 0.2) is 0 Å². The first-order valence-electron chi connectivity index (χ1n) is 23.0. The lowest BCUT2D eigenvalue weighted by Gasteiger charge is -2.36. The Kier molecular flexibility index (Phi) is 9.34. The van der Waals surface area contributed by atoms with Gasteiger partial charge < -0.3 is 8.98 Å². The zero-order chi connectivity index (χ0) is 44.3. The van der Waals surface area contributed by atoms with E-state index in [1.54, 1.807) is 0 Å². The molecule has 2 nitrogen and oxygen atoms in total. The van der Waals surface area contributed by atoms with E-state index in [4.69, 9.17) is 4.42 Å². The van der Waals surface area contributed by atoms with Crippen molar-refractivity contribution in [2.45, 2.75) is 27.0 Å². The first kappa shape index (κ1) is 39.1. The number of allylic oxidation sites excluding steroid dienone is 1. The fourth-order valence-corrected chi connectivity index (χ4v) is 13.7. The molecular weight excluding hydrogens is 831 g/mol. The van der Waals surface area contributed by atoms with Crippen molar-refractivity contribution in [3.05, 3.63) is 259 Å². The zero-order valence-corrected chi connectivity index (χ0v) is 37.5. The summed E-state index contributed by atoms with van der Waals surface area (Å²) in [6.07, 6.45) is 5.71. The minimum atomic E-state index is -2.17. The first-order chi connectivity index (χ1) is 33.2. The van der Waals surface area contributed by atoms with Gasteiger partial charge in [0.2, 0.25) is 0 Å². The van der Waals surface area contributed by atoms with Gasteiger partial charge in [-0.3, -0.25) is 0 Å². The highest BCUT2D eigenvalue weighted by Gasteiger charge is 2.31. The number of aromatic nitrogens is 1. The van der Waals surface area contributed by atoms with E-state index in [0.717, 1.165) is 44.7 Å². The molecule has 316 valence electrons. The highest BCUT2D eigenvalue weighted by molar-refractivity contribution is 8.37. The molecule has 0 fully saturated rings. The van der Waals surface area contributed by atoms with Gasteiger partial charge in [0.1, 0.15) is 11.2 Å². The summed E-state index contributed by atoms with van der Waals surface area (Å²) in [5.74, 6) is 4.29. The van der Waals surface area contributed by atoms with Gasteiger partial charge in [-0.2, -0.15) is 0 Å². The number of furan rings is 1. The van der Waals surface area contributed by atoms with Crippen LogP contribution in [0.4, 0.5) is 0 Å². The van der Waals surface area contributed by atoms with Gasteiger partial charge in [-0.05, 0) is 101 Å². The first-order valence-corrected chi connectivity index (χ1v) is 24.6. The van der Waals surface area contributed by atoms with E-state index >= 15 is 0 Å². The van der Waals surface area contributed by atoms with Crippen molar-refractivity contribution in [2.75, 3.05) is 0 Å². The lowest BCUT2D eigenvalue weighted by molar-refractivity contribution is 0.668. The third-order valence-corrected chi connectivity index (χ3v) is 17.0. The average Bonchev–Trinajstić information content (AvgIpc) is 3.94. The number of hydrogen-bond donors (Lipinski definition) is 0. The molecule has 0 amide bonds. The summed E-state index contributed by atoms with van der Waals surface area (Å²) in [4.78, 5) is 3.54. The monoisotopic (exact) mass is 873 g/mol. The summed E-state index contributed by atoms with van der Waals surface area (Å²) in [5, 5.41) is 12.2. The fourth-order valence-electron chi connectivity index (χ4n) is 10.6. The smallest absolute Gasteiger partial charge is 0.135 e. The Morgan fingerprint density at radius 1 is 0.448 bits per heavy atom. The molecule has 1 unspecified atom stereocenters. The summed E-state index contributed by atoms with van der Waals surface area (Å²) in [6.45, 7) is 0. The quantitative estimate of drug-likeness (QED) is 0.120. The summed E-state index contributed by atoms with van der Waals surface area (Å²) >= 11 is 0. The Bertz CT molecular complexity index is 3850. The Labute approximate surface area is 391 Å². The van der Waals surface area contributed by atoms with Crippen LogP contribution < -0.4 is 0 Å². The maximum absolute atomic E-state index is 6.38. The molecule has 0 bridgehead atoms. The Morgan fingerprint density at radius 3 is 1.69 bits per heavy atom. The normalized spacial score (nSPS) is 13.8. The minimum absolute atomic E-state index is 0.282. The van der Waals surface area contributed by atoms with Crippen molar-refractivity contribution < 1.29 is 4.42 Å². The predicted octanol–water partition coefficient (Wildman–Crippen LogP) is 17.1. The maximum Gasteiger partial charge on any atom is 0.135 e. The molecule has 0 saturated heterocycles. The SMILES string of the molecule is C(#CS(c1ccccc1)(c1ccccc1)c1ccc2oc3ccccc3c2c1)c1c2ccccc2c(-n2c3c(c4cc(-c5ccccc5)ccc42)CC(c2ccccc2)C=C3)c2ccccc12. The van der Waals surface area contributed by atoms with Gasteiger partial charge in [-0.25, -0.2) is 0 Å². The fraction of sp³-hybridized carbons (Fsp3) is 0.0312. The number of benzene rings is 10. The second-order valence-electron chi connectivity index (χ2n) is 17.4. The number of hydrogen-bond acceptors (Lipinski definition) is 1. The standard InChI is InChI=1S/C64H43NOS/c1-5-19-44(20-6-1)46-33-36-60-57(41-46)58-42-47(45-21-7-2-8-22-45)34-37-61(58)65(60)64-55-30-15-13-27-51(55)53(52-28-14-16-31-56(52)64)39-40-67(48-23-9-3-10-24-48,49-25-11-4-12-26-49)50-35-38-63-59(43-50)54-29-17-18-32-62(54)66-63/h1-38,41,43,47H,42H2. The van der Waals surface area contributed by atoms with Crippen LogP contribution in [0.1, 0.15) is 28.3 Å². The van der Waals surface area contributed by atoms with Crippen LogP contribution in [-0.2, 0) is 6.42 Å². The zero-order valence-electron chi connectivity index (χ0n) is 36.6. The van der Waals surface area contributed by atoms with Crippen molar-refractivity contribution in [2.24, 2.45) is 0 Å². The van der Waals surface area contributed by atoms with Crippen molar-refractivity contribution in [3.63, 3.8) is 0 Å². The lowest BCUT2D eigenvalue weighted by atomic mass is 9.86. The summed E-state index contributed by atoms with van der Waals surface area (Å²) < 4.78 is 8.93. The van der Waals surface area contributed by atoms with Crippen LogP contribution in [0.5, 0.6) is 0 Å². The molecule has 0 radical (unpaired) electrons. The molecule has 1 aliphatic carbocycles. The molecule has 2 heterocycles. The van der Waals surface area contributed by atoms with Crippen LogP contribution in [-0.4, -0.2) is 4.57 Å². The van der Waals surface area contributed by atoms with E-state index in [9.17, 15) is 0 Å². The molecule has 0 saturated carbocycles. The summed E-state index contributed by atoms with van der Waals surface area (Å²) in [7, 11) is -2.17. The lowest BCUT2D eigenvalue weighted by Crippen LogP contribution is -2.08. The number of fused-ring (bicyclic) bond motifs is 8. The molecule has 0 spiro atoms. The molecule has 67 heavy (non-hydrogen) atoms. The third-order valence-electron chi connectivity index (χ3n) is 13.7. The summed E-state index contributed by atoms with van der Waals surface area (Å²) in [5.41, 5.74) is 11.6. The van der Waals surface area contributed by atoms with Crippen molar-refractivity contribution in [1.82, 2.24) is 4.57 Å². The summed E-state index contributed by atoms with van der Waals surface area (Å²) in [6, 6.07) is 83.5. The van der Waals surface area contributed by atoms with Gasteiger partial charge >= 0.3 is 0 Å². The minimum Gasteiger partial charge on any atom is -0.456 e. The van der Waals surface area contributed by atoms with Crippen LogP contribution in [0.15, 0.2) is 256 Å². The average molecular weight is 874 g/mol. The van der Waals surface area contributed by atoms with E-state index in [0.29, 0.717) is 0 Å². The van der Waals surface area contributed by atoms with Gasteiger partial charge in [-0.15, -0.1) is 0 Å². The topological polar surface area (TPSA) is 18.1 Å². The van der Waals surface area contributed by atoms with Gasteiger partial charge in [0.25, 0.3) is 0 Å². The molecule has 0 aliphatic heterocycles. The van der Waals surface area contributed by atoms with E-state index in [1.807, 2.05) is 6.07 Å². The molecule has 1 aliphatic rings. The van der Waals surface area contributed by atoms with Crippen LogP contribution in [0.25, 0.3) is 77.3 Å². The number of nitrogens with zero attached hydrogens (tertiary/aromatic N) is 1. The van der Waals surface area contributed by atoms with Gasteiger partial charge in [0, 0.05) is 69.6 Å². The molecule has 3 heteroatoms. The molecular formula is C64H43NOS. The second kappa shape index (κ2) is 16.0. The molecule has 10 aromatic carbocycles. The highest BCUT2D eigenvalue weighted by Crippen LogP contribution is 2.68. The molecule has 0 N–H and O–H groups in total. The number of para-hydroxylation sites is 1. The van der Waals surface area contributed by atoms with Gasteiger partial charge in [0.05, 0.1) is 11.2 Å². The van der Waals surface area contributed by atoms with Crippen LogP contribution in [0, 0.1) is 11.2 Å². The van der Waals surface area contributed by atoms with E-state index in [1.165, 1.54) is 70.0 Å². The number of rotatable bonds is 6. The van der Waals surface area contributed by atoms with E-state index < -0.39 is 10.0 Å². The predicted molar refractivity (Wildman–Crippen MR) is 282 cm³/mol. The van der Waals surface area contributed by atoms with Crippen LogP contribution >= 0.6 is 10.0 Å². The van der Waals surface area contributed by atoms with Crippen molar-refractivity contribution in [1.29, 1.82) is 0 Å². The highest BCUT2D eigenvalue weighted by atomic mass is 32.3. The second-order valence-corrected chi connectivity index (χ2v) is 20.3. The van der Waals surface area contributed by atoms with Crippen molar-refractivity contribution >= 4 is 70.5 Å². The van der Waals surface area contributed by atoms with E-state index in [2.05, 4.69) is 252 Å². The van der Waals surface area contributed by atoms with Gasteiger partial charge in [-0.1, -0.05) is 192 Å². The van der Waals surface area contributed by atoms with Crippen molar-refractivity contribution in [3.8, 4) is 28.0 Å².